The minimum atomic E-state index is -0.996. The van der Waals surface area contributed by atoms with E-state index in [1.165, 1.54) is 0 Å². The minimum Gasteiger partial charge on any atom is -0.484 e. The molecule has 1 atom stereocenters. The summed E-state index contributed by atoms with van der Waals surface area (Å²) in [5, 5.41) is 9.90. The highest BCUT2D eigenvalue weighted by Gasteiger charge is 2.18. The molecule has 3 rings (SSSR count). The number of carbonyl (C=O) groups is 2. The first kappa shape index (κ1) is 26.7. The largest absolute Gasteiger partial charge is 0.484 e. The molecule has 0 saturated carbocycles. The molecule has 0 fully saturated rings. The van der Waals surface area contributed by atoms with E-state index in [1.807, 2.05) is 36.4 Å². The fraction of sp³-hybridized carbons (Fsp3) is 0.259. The molecule has 8 heteroatoms. The van der Waals surface area contributed by atoms with Crippen molar-refractivity contribution in [2.75, 3.05) is 13.2 Å². The van der Waals surface area contributed by atoms with E-state index in [0.29, 0.717) is 30.5 Å². The molecular weight excluding hydrogens is 534 g/mol. The molecule has 0 saturated heterocycles. The molecule has 1 N–H and O–H groups in total. The molecule has 0 unspecified atom stereocenters. The Bertz CT molecular complexity index is 1060. The van der Waals surface area contributed by atoms with Gasteiger partial charge in [0.2, 0.25) is 0 Å². The molecule has 184 valence electrons. The summed E-state index contributed by atoms with van der Waals surface area (Å²) in [6.45, 7) is 2.82. The lowest BCUT2D eigenvalue weighted by Crippen LogP contribution is -2.34. The van der Waals surface area contributed by atoms with Crippen molar-refractivity contribution in [2.24, 2.45) is 0 Å². The molecule has 0 radical (unpaired) electrons. The fourth-order valence-corrected chi connectivity index (χ4v) is 3.83. The third-order valence-corrected chi connectivity index (χ3v) is 6.06. The van der Waals surface area contributed by atoms with Gasteiger partial charge in [0.1, 0.15) is 5.75 Å². The van der Waals surface area contributed by atoms with Crippen molar-refractivity contribution in [3.05, 3.63) is 99.0 Å². The number of carbonyl (C=O) groups excluding carboxylic acids is 1. The van der Waals surface area contributed by atoms with Gasteiger partial charge in [0.15, 0.2) is 12.7 Å². The van der Waals surface area contributed by atoms with Gasteiger partial charge in [-0.25, -0.2) is 4.79 Å². The zero-order chi connectivity index (χ0) is 25.2. The maximum atomic E-state index is 13.1. The van der Waals surface area contributed by atoms with Crippen molar-refractivity contribution in [1.29, 1.82) is 0 Å². The van der Waals surface area contributed by atoms with E-state index >= 15 is 0 Å². The van der Waals surface area contributed by atoms with E-state index in [0.717, 1.165) is 21.2 Å². The maximum absolute atomic E-state index is 13.1. The van der Waals surface area contributed by atoms with E-state index in [1.54, 1.807) is 48.2 Å². The number of ether oxygens (including phenoxy) is 2. The Kier molecular flexibility index (Phi) is 10.1. The quantitative estimate of drug-likeness (QED) is 0.306. The zero-order valence-electron chi connectivity index (χ0n) is 19.3. The Labute approximate surface area is 218 Å². The first-order valence-corrected chi connectivity index (χ1v) is 12.3. The summed E-state index contributed by atoms with van der Waals surface area (Å²) in [5.41, 5.74) is 2.78. The first-order valence-electron chi connectivity index (χ1n) is 11.2. The second kappa shape index (κ2) is 13.3. The molecule has 3 aromatic rings. The maximum Gasteiger partial charge on any atom is 0.333 e. The topological polar surface area (TPSA) is 76.1 Å². The lowest BCUT2D eigenvalue weighted by molar-refractivity contribution is -0.150. The summed E-state index contributed by atoms with van der Waals surface area (Å²) in [6, 6.07) is 22.2. The van der Waals surface area contributed by atoms with Crippen LogP contribution in [-0.2, 0) is 33.8 Å². The highest BCUT2D eigenvalue weighted by molar-refractivity contribution is 9.10. The van der Waals surface area contributed by atoms with E-state index in [4.69, 9.17) is 21.1 Å². The number of rotatable bonds is 12. The summed E-state index contributed by atoms with van der Waals surface area (Å²) < 4.78 is 12.0. The number of benzene rings is 3. The van der Waals surface area contributed by atoms with Crippen LogP contribution < -0.4 is 4.74 Å². The van der Waals surface area contributed by atoms with Crippen molar-refractivity contribution in [3.63, 3.8) is 0 Å². The van der Waals surface area contributed by atoms with Crippen LogP contribution in [0.15, 0.2) is 77.3 Å². The Balaban J connectivity index is 1.64. The molecule has 0 spiro atoms. The number of hydrogen-bond acceptors (Lipinski definition) is 4. The monoisotopic (exact) mass is 559 g/mol. The second-order valence-electron chi connectivity index (χ2n) is 7.92. The van der Waals surface area contributed by atoms with Crippen LogP contribution in [-0.4, -0.2) is 41.2 Å². The number of nitrogens with zero attached hydrogens (tertiary/aromatic N) is 1. The summed E-state index contributed by atoms with van der Waals surface area (Å²) in [5.74, 6) is -0.626. The van der Waals surface area contributed by atoms with E-state index in [2.05, 4.69) is 15.9 Å². The molecule has 35 heavy (non-hydrogen) atoms. The summed E-state index contributed by atoms with van der Waals surface area (Å²) in [6.07, 6.45) is -0.641. The number of carboxylic acid groups (broad SMARTS) is 1. The summed E-state index contributed by atoms with van der Waals surface area (Å²) in [7, 11) is 0. The highest BCUT2D eigenvalue weighted by atomic mass is 79.9. The Hall–Kier alpha value is -2.87. The second-order valence-corrected chi connectivity index (χ2v) is 9.27. The molecular formula is C27H27BrClNO5. The smallest absolute Gasteiger partial charge is 0.333 e. The summed E-state index contributed by atoms with van der Waals surface area (Å²) in [4.78, 5) is 26.1. The predicted octanol–water partition coefficient (Wildman–Crippen LogP) is 5.74. The molecule has 0 aliphatic carbocycles. The van der Waals surface area contributed by atoms with Crippen LogP contribution >= 0.6 is 27.5 Å². The van der Waals surface area contributed by atoms with Crippen LogP contribution in [0.4, 0.5) is 0 Å². The SMILES string of the molecule is CCO[C@@H](Cc1ccc(OCC(=O)N(Cc2ccc(Cl)cc2)Cc2ccc(Br)cc2)cc1)C(=O)O. The van der Waals surface area contributed by atoms with Crippen LogP contribution in [0.3, 0.4) is 0 Å². The van der Waals surface area contributed by atoms with Gasteiger partial charge in [-0.05, 0) is 60.0 Å². The van der Waals surface area contributed by atoms with Crippen molar-refractivity contribution >= 4 is 39.4 Å². The van der Waals surface area contributed by atoms with Crippen molar-refractivity contribution in [3.8, 4) is 5.75 Å². The number of carboxylic acids is 1. The van der Waals surface area contributed by atoms with Crippen LogP contribution in [0.5, 0.6) is 5.75 Å². The van der Waals surface area contributed by atoms with E-state index in [9.17, 15) is 14.7 Å². The molecule has 0 aliphatic rings. The highest BCUT2D eigenvalue weighted by Crippen LogP contribution is 2.18. The number of hydrogen-bond donors (Lipinski definition) is 1. The van der Waals surface area contributed by atoms with Gasteiger partial charge in [0, 0.05) is 35.6 Å². The van der Waals surface area contributed by atoms with Crippen LogP contribution in [0.1, 0.15) is 23.6 Å². The van der Waals surface area contributed by atoms with Gasteiger partial charge in [-0.2, -0.15) is 0 Å². The first-order chi connectivity index (χ1) is 16.8. The predicted molar refractivity (Wildman–Crippen MR) is 139 cm³/mol. The third-order valence-electron chi connectivity index (χ3n) is 5.28. The number of amides is 1. The lowest BCUT2D eigenvalue weighted by atomic mass is 10.1. The third kappa shape index (κ3) is 8.69. The van der Waals surface area contributed by atoms with Crippen LogP contribution in [0.2, 0.25) is 5.02 Å². The molecule has 6 nitrogen and oxygen atoms in total. The van der Waals surface area contributed by atoms with Gasteiger partial charge in [0.05, 0.1) is 0 Å². The van der Waals surface area contributed by atoms with E-state index in [-0.39, 0.29) is 18.9 Å². The molecule has 0 heterocycles. The molecule has 0 bridgehead atoms. The standard InChI is InChI=1S/C27H27BrClNO5/c1-2-34-25(27(32)33)15-19-7-13-24(14-8-19)35-18-26(31)30(16-20-3-9-22(28)10-4-20)17-21-5-11-23(29)12-6-21/h3-14,25H,2,15-18H2,1H3,(H,32,33)/t25-/m0/s1. The van der Waals surface area contributed by atoms with Gasteiger partial charge < -0.3 is 19.5 Å². The minimum absolute atomic E-state index is 0.125. The average molecular weight is 561 g/mol. The normalized spacial score (nSPS) is 11.6. The van der Waals surface area contributed by atoms with Crippen molar-refractivity contribution < 1.29 is 24.2 Å². The molecule has 3 aromatic carbocycles. The van der Waals surface area contributed by atoms with Gasteiger partial charge in [-0.3, -0.25) is 4.79 Å². The molecule has 0 aromatic heterocycles. The number of aliphatic carboxylic acids is 1. The van der Waals surface area contributed by atoms with Gasteiger partial charge in [0.25, 0.3) is 5.91 Å². The Morgan fingerprint density at radius 2 is 1.46 bits per heavy atom. The number of halogens is 2. The molecule has 1 amide bonds. The average Bonchev–Trinajstić information content (AvgIpc) is 2.85. The van der Waals surface area contributed by atoms with Crippen LogP contribution in [0, 0.1) is 0 Å². The van der Waals surface area contributed by atoms with Crippen LogP contribution in [0.25, 0.3) is 0 Å². The summed E-state index contributed by atoms with van der Waals surface area (Å²) >= 11 is 9.44. The van der Waals surface area contributed by atoms with Crippen molar-refractivity contribution in [1.82, 2.24) is 4.90 Å². The fourth-order valence-electron chi connectivity index (χ4n) is 3.44. The van der Waals surface area contributed by atoms with Gasteiger partial charge in [-0.15, -0.1) is 0 Å². The van der Waals surface area contributed by atoms with E-state index < -0.39 is 12.1 Å². The Morgan fingerprint density at radius 1 is 0.914 bits per heavy atom. The lowest BCUT2D eigenvalue weighted by Gasteiger charge is -2.23. The zero-order valence-corrected chi connectivity index (χ0v) is 21.7. The molecule has 0 aliphatic heterocycles. The van der Waals surface area contributed by atoms with Crippen molar-refractivity contribution in [2.45, 2.75) is 32.5 Å². The Morgan fingerprint density at radius 3 is 2.00 bits per heavy atom. The van der Waals surface area contributed by atoms with Gasteiger partial charge in [-0.1, -0.05) is 63.9 Å². The van der Waals surface area contributed by atoms with Gasteiger partial charge >= 0.3 is 5.97 Å².